The van der Waals surface area contributed by atoms with Gasteiger partial charge in [0.15, 0.2) is 5.82 Å². The van der Waals surface area contributed by atoms with E-state index in [-0.39, 0.29) is 18.2 Å². The summed E-state index contributed by atoms with van der Waals surface area (Å²) < 4.78 is 1.52. The summed E-state index contributed by atoms with van der Waals surface area (Å²) in [7, 11) is 0. The molecule has 2 amide bonds. The first kappa shape index (κ1) is 16.3. The van der Waals surface area contributed by atoms with Crippen LogP contribution < -0.4 is 10.6 Å². The molecule has 1 atom stereocenters. The highest BCUT2D eigenvalue weighted by atomic mass is 16.2. The number of fused-ring (bicyclic) bond motifs is 2. The topological polar surface area (TPSA) is 88.9 Å². The monoisotopic (exact) mass is 349 g/mol. The van der Waals surface area contributed by atoms with E-state index in [0.717, 1.165) is 29.3 Å². The molecule has 0 radical (unpaired) electrons. The lowest BCUT2D eigenvalue weighted by Gasteiger charge is -2.11. The van der Waals surface area contributed by atoms with Crippen LogP contribution in [0.2, 0.25) is 0 Å². The molecule has 0 unspecified atom stereocenters. The fourth-order valence-electron chi connectivity index (χ4n) is 3.19. The molecular formula is C19H19N5O2. The maximum atomic E-state index is 12.5. The number of carbonyl (C=O) groups is 2. The maximum Gasteiger partial charge on any atom is 0.252 e. The Labute approximate surface area is 150 Å². The molecule has 2 N–H and O–H groups in total. The van der Waals surface area contributed by atoms with Crippen molar-refractivity contribution >= 4 is 34.2 Å². The number of nitrogens with one attached hydrogen (secondary N) is 2. The van der Waals surface area contributed by atoms with Gasteiger partial charge in [-0.3, -0.25) is 14.9 Å². The van der Waals surface area contributed by atoms with Gasteiger partial charge in [-0.1, -0.05) is 43.3 Å². The van der Waals surface area contributed by atoms with Crippen LogP contribution in [0.25, 0.3) is 10.8 Å². The van der Waals surface area contributed by atoms with Crippen LogP contribution in [0.5, 0.6) is 0 Å². The number of aromatic nitrogens is 3. The molecule has 7 heteroatoms. The number of carbonyl (C=O) groups excluding carboxylic acids is 2. The SMILES string of the molecule is CCCc1nc2n(n1)[C@H](CC(=O)Nc1cccc3ccccc13)C(=O)N2. The standard InChI is InChI=1S/C19H19N5O2/c1-2-6-16-21-19-22-18(26)15(24(19)23-16)11-17(25)20-14-10-5-8-12-7-3-4-9-13(12)14/h3-5,7-10,15H,2,6,11H2,1H3,(H,20,25)(H,21,22,23,26)/t15-/m1/s1. The molecule has 2 aromatic carbocycles. The van der Waals surface area contributed by atoms with Gasteiger partial charge in [0.25, 0.3) is 5.91 Å². The second kappa shape index (κ2) is 6.59. The van der Waals surface area contributed by atoms with Crippen LogP contribution in [-0.2, 0) is 16.0 Å². The van der Waals surface area contributed by atoms with Crippen molar-refractivity contribution in [2.75, 3.05) is 10.6 Å². The van der Waals surface area contributed by atoms with Crippen LogP contribution in [0.3, 0.4) is 0 Å². The number of hydrogen-bond donors (Lipinski definition) is 2. The van der Waals surface area contributed by atoms with Gasteiger partial charge >= 0.3 is 0 Å². The lowest BCUT2D eigenvalue weighted by atomic mass is 10.1. The Balaban J connectivity index is 1.52. The quantitative estimate of drug-likeness (QED) is 0.741. The first-order chi connectivity index (χ1) is 12.7. The summed E-state index contributed by atoms with van der Waals surface area (Å²) in [5.74, 6) is 0.612. The van der Waals surface area contributed by atoms with E-state index in [1.807, 2.05) is 49.4 Å². The van der Waals surface area contributed by atoms with Crippen LogP contribution >= 0.6 is 0 Å². The number of aryl methyl sites for hydroxylation is 1. The molecule has 1 aliphatic heterocycles. The minimum absolute atomic E-state index is 0.0109. The van der Waals surface area contributed by atoms with Gasteiger partial charge in [-0.25, -0.2) is 4.68 Å². The Morgan fingerprint density at radius 3 is 2.88 bits per heavy atom. The van der Waals surface area contributed by atoms with Crippen LogP contribution in [-0.4, -0.2) is 26.6 Å². The molecule has 0 saturated heterocycles. The summed E-state index contributed by atoms with van der Waals surface area (Å²) in [5.41, 5.74) is 0.733. The van der Waals surface area contributed by atoms with E-state index in [9.17, 15) is 9.59 Å². The van der Waals surface area contributed by atoms with Crippen molar-refractivity contribution in [2.45, 2.75) is 32.2 Å². The Morgan fingerprint density at radius 1 is 1.23 bits per heavy atom. The highest BCUT2D eigenvalue weighted by Gasteiger charge is 2.34. The van der Waals surface area contributed by atoms with Crippen LogP contribution in [0.15, 0.2) is 42.5 Å². The molecule has 3 aromatic rings. The highest BCUT2D eigenvalue weighted by Crippen LogP contribution is 2.27. The molecule has 0 fully saturated rings. The van der Waals surface area contributed by atoms with E-state index in [0.29, 0.717) is 11.8 Å². The normalized spacial score (nSPS) is 15.7. The molecule has 7 nitrogen and oxygen atoms in total. The fraction of sp³-hybridized carbons (Fsp3) is 0.263. The van der Waals surface area contributed by atoms with Gasteiger partial charge in [-0.15, -0.1) is 0 Å². The Morgan fingerprint density at radius 2 is 2.04 bits per heavy atom. The minimum Gasteiger partial charge on any atom is -0.325 e. The predicted molar refractivity (Wildman–Crippen MR) is 98.9 cm³/mol. The Hall–Kier alpha value is -3.22. The minimum atomic E-state index is -0.668. The van der Waals surface area contributed by atoms with E-state index in [1.54, 1.807) is 0 Å². The van der Waals surface area contributed by atoms with Crippen molar-refractivity contribution in [3.63, 3.8) is 0 Å². The molecule has 1 aliphatic rings. The van der Waals surface area contributed by atoms with Gasteiger partial charge in [0.05, 0.1) is 6.42 Å². The van der Waals surface area contributed by atoms with Crippen molar-refractivity contribution in [3.05, 3.63) is 48.3 Å². The summed E-state index contributed by atoms with van der Waals surface area (Å²) in [4.78, 5) is 29.0. The zero-order chi connectivity index (χ0) is 18.1. The number of hydrogen-bond acceptors (Lipinski definition) is 4. The second-order valence-electron chi connectivity index (χ2n) is 6.33. The summed E-state index contributed by atoms with van der Waals surface area (Å²) in [6, 6.07) is 12.9. The van der Waals surface area contributed by atoms with Gasteiger partial charge in [0.2, 0.25) is 11.9 Å². The molecule has 132 valence electrons. The smallest absolute Gasteiger partial charge is 0.252 e. The Kier molecular flexibility index (Phi) is 4.12. The van der Waals surface area contributed by atoms with Crippen LogP contribution in [0.4, 0.5) is 11.6 Å². The summed E-state index contributed by atoms with van der Waals surface area (Å²) in [6.07, 6.45) is 1.67. The van der Waals surface area contributed by atoms with Gasteiger partial charge in [-0.2, -0.15) is 10.1 Å². The van der Waals surface area contributed by atoms with Gasteiger partial charge < -0.3 is 5.32 Å². The third kappa shape index (κ3) is 2.92. The van der Waals surface area contributed by atoms with Crippen molar-refractivity contribution in [2.24, 2.45) is 0 Å². The maximum absolute atomic E-state index is 12.5. The predicted octanol–water partition coefficient (Wildman–Crippen LogP) is 2.91. The molecule has 0 spiro atoms. The largest absolute Gasteiger partial charge is 0.325 e. The summed E-state index contributed by atoms with van der Waals surface area (Å²) in [6.45, 7) is 2.04. The molecule has 2 heterocycles. The van der Waals surface area contributed by atoms with Gasteiger partial charge in [-0.05, 0) is 17.9 Å². The summed E-state index contributed by atoms with van der Waals surface area (Å²) >= 11 is 0. The van der Waals surface area contributed by atoms with Gasteiger partial charge in [0, 0.05) is 17.5 Å². The van der Waals surface area contributed by atoms with Crippen molar-refractivity contribution < 1.29 is 9.59 Å². The van der Waals surface area contributed by atoms with E-state index in [2.05, 4.69) is 20.7 Å². The second-order valence-corrected chi connectivity index (χ2v) is 6.33. The van der Waals surface area contributed by atoms with Crippen molar-refractivity contribution in [1.29, 1.82) is 0 Å². The van der Waals surface area contributed by atoms with Crippen LogP contribution in [0, 0.1) is 0 Å². The third-order valence-electron chi connectivity index (χ3n) is 4.42. The van der Waals surface area contributed by atoms with Crippen LogP contribution in [0.1, 0.15) is 31.6 Å². The molecule has 0 saturated carbocycles. The zero-order valence-corrected chi connectivity index (χ0v) is 14.4. The van der Waals surface area contributed by atoms with E-state index in [1.165, 1.54) is 4.68 Å². The average molecular weight is 349 g/mol. The average Bonchev–Trinajstić information content (AvgIpc) is 3.14. The lowest BCUT2D eigenvalue weighted by Crippen LogP contribution is -2.24. The summed E-state index contributed by atoms with van der Waals surface area (Å²) in [5, 5.41) is 12.0. The first-order valence-electron chi connectivity index (χ1n) is 8.69. The first-order valence-corrected chi connectivity index (χ1v) is 8.69. The number of amides is 2. The number of benzene rings is 2. The van der Waals surface area contributed by atoms with E-state index < -0.39 is 6.04 Å². The Bertz CT molecular complexity index is 989. The fourth-order valence-corrected chi connectivity index (χ4v) is 3.19. The number of rotatable bonds is 5. The van der Waals surface area contributed by atoms with E-state index >= 15 is 0 Å². The molecule has 4 rings (SSSR count). The molecule has 0 bridgehead atoms. The molecular weight excluding hydrogens is 330 g/mol. The van der Waals surface area contributed by atoms with Gasteiger partial charge in [0.1, 0.15) is 6.04 Å². The number of nitrogens with zero attached hydrogens (tertiary/aromatic N) is 3. The lowest BCUT2D eigenvalue weighted by molar-refractivity contribution is -0.123. The third-order valence-corrected chi connectivity index (χ3v) is 4.42. The van der Waals surface area contributed by atoms with E-state index in [4.69, 9.17) is 0 Å². The highest BCUT2D eigenvalue weighted by molar-refractivity contribution is 6.04. The van der Waals surface area contributed by atoms with Crippen molar-refractivity contribution in [1.82, 2.24) is 14.8 Å². The number of anilines is 2. The zero-order valence-electron chi connectivity index (χ0n) is 14.4. The molecule has 0 aliphatic carbocycles. The van der Waals surface area contributed by atoms with Crippen molar-refractivity contribution in [3.8, 4) is 0 Å². The molecule has 1 aromatic heterocycles. The molecule has 26 heavy (non-hydrogen) atoms.